The Kier molecular flexibility index (Phi) is 4.03. The molecule has 1 aromatic rings. The van der Waals surface area contributed by atoms with E-state index in [0.29, 0.717) is 11.6 Å². The number of carbonyl (C=O) groups is 1. The van der Waals surface area contributed by atoms with Crippen molar-refractivity contribution >= 4 is 5.91 Å². The summed E-state index contributed by atoms with van der Waals surface area (Å²) in [6.45, 7) is 6.98. The Morgan fingerprint density at radius 1 is 1.25 bits per heavy atom. The highest BCUT2D eigenvalue weighted by Gasteiger charge is 2.25. The molecule has 0 spiro atoms. The number of hydrogen-bond donors (Lipinski definition) is 1. The molecule has 3 heterocycles. The molecule has 110 valence electrons. The van der Waals surface area contributed by atoms with Gasteiger partial charge in [-0.1, -0.05) is 0 Å². The zero-order valence-corrected chi connectivity index (χ0v) is 11.9. The fourth-order valence-corrected chi connectivity index (χ4v) is 3.19. The molecule has 3 rings (SSSR count). The third kappa shape index (κ3) is 3.02. The average Bonchev–Trinajstić information content (AvgIpc) is 3.17. The van der Waals surface area contributed by atoms with E-state index in [4.69, 9.17) is 5.73 Å². The molecule has 2 fully saturated rings. The second-order valence-corrected chi connectivity index (χ2v) is 5.87. The summed E-state index contributed by atoms with van der Waals surface area (Å²) >= 11 is 0. The van der Waals surface area contributed by atoms with Crippen LogP contribution in [0.5, 0.6) is 0 Å². The maximum Gasteiger partial charge on any atom is 0.251 e. The second-order valence-electron chi connectivity index (χ2n) is 5.87. The van der Waals surface area contributed by atoms with Crippen molar-refractivity contribution in [2.24, 2.45) is 5.73 Å². The van der Waals surface area contributed by atoms with Crippen LogP contribution in [0.3, 0.4) is 0 Å². The van der Waals surface area contributed by atoms with Gasteiger partial charge >= 0.3 is 0 Å². The van der Waals surface area contributed by atoms with Crippen molar-refractivity contribution in [3.8, 4) is 0 Å². The number of nitrogens with two attached hydrogens (primary N) is 1. The molecule has 1 aromatic heterocycles. The second kappa shape index (κ2) is 5.93. The highest BCUT2D eigenvalue weighted by molar-refractivity contribution is 5.92. The maximum absolute atomic E-state index is 11.1. The molecule has 1 amide bonds. The van der Waals surface area contributed by atoms with E-state index in [1.54, 1.807) is 12.4 Å². The molecule has 2 saturated heterocycles. The molecule has 1 unspecified atom stereocenters. The minimum Gasteiger partial charge on any atom is -0.366 e. The highest BCUT2D eigenvalue weighted by atomic mass is 16.1. The van der Waals surface area contributed by atoms with Crippen LogP contribution in [0.15, 0.2) is 12.4 Å². The zero-order valence-electron chi connectivity index (χ0n) is 11.9. The van der Waals surface area contributed by atoms with Crippen LogP contribution in [-0.4, -0.2) is 64.8 Å². The van der Waals surface area contributed by atoms with Crippen molar-refractivity contribution in [1.29, 1.82) is 0 Å². The summed E-state index contributed by atoms with van der Waals surface area (Å²) in [4.78, 5) is 16.1. The first-order chi connectivity index (χ1) is 9.72. The van der Waals surface area contributed by atoms with Crippen LogP contribution < -0.4 is 5.73 Å². The Bertz CT molecular complexity index is 466. The fourth-order valence-electron chi connectivity index (χ4n) is 3.19. The summed E-state index contributed by atoms with van der Waals surface area (Å²) in [7, 11) is 0. The van der Waals surface area contributed by atoms with E-state index in [9.17, 15) is 4.79 Å². The van der Waals surface area contributed by atoms with Crippen molar-refractivity contribution in [3.63, 3.8) is 0 Å². The largest absolute Gasteiger partial charge is 0.366 e. The lowest BCUT2D eigenvalue weighted by atomic mass is 10.3. The first kappa shape index (κ1) is 13.6. The van der Waals surface area contributed by atoms with Crippen molar-refractivity contribution in [2.45, 2.75) is 25.3 Å². The molecule has 1 atom stereocenters. The van der Waals surface area contributed by atoms with Gasteiger partial charge < -0.3 is 10.6 Å². The zero-order chi connectivity index (χ0) is 13.9. The quantitative estimate of drug-likeness (QED) is 0.842. The number of primary amides is 1. The van der Waals surface area contributed by atoms with Gasteiger partial charge in [0.2, 0.25) is 0 Å². The van der Waals surface area contributed by atoms with Crippen molar-refractivity contribution in [1.82, 2.24) is 19.6 Å². The van der Waals surface area contributed by atoms with Gasteiger partial charge in [-0.2, -0.15) is 5.10 Å². The van der Waals surface area contributed by atoms with Crippen LogP contribution in [0.2, 0.25) is 0 Å². The molecule has 0 aromatic carbocycles. The van der Waals surface area contributed by atoms with E-state index in [1.165, 1.54) is 32.5 Å². The minimum atomic E-state index is -0.403. The van der Waals surface area contributed by atoms with E-state index in [2.05, 4.69) is 14.9 Å². The molecule has 2 aliphatic heterocycles. The maximum atomic E-state index is 11.1. The van der Waals surface area contributed by atoms with E-state index in [0.717, 1.165) is 26.1 Å². The molecular weight excluding hydrogens is 254 g/mol. The van der Waals surface area contributed by atoms with Crippen LogP contribution in [-0.2, 0) is 0 Å². The number of hydrogen-bond acceptors (Lipinski definition) is 4. The van der Waals surface area contributed by atoms with Crippen LogP contribution in [0.25, 0.3) is 0 Å². The Labute approximate surface area is 119 Å². The van der Waals surface area contributed by atoms with Gasteiger partial charge in [-0.15, -0.1) is 0 Å². The van der Waals surface area contributed by atoms with Crippen molar-refractivity contribution in [3.05, 3.63) is 18.0 Å². The van der Waals surface area contributed by atoms with E-state index in [-0.39, 0.29) is 0 Å². The molecule has 20 heavy (non-hydrogen) atoms. The van der Waals surface area contributed by atoms with Gasteiger partial charge in [0.05, 0.1) is 17.8 Å². The minimum absolute atomic E-state index is 0.377. The van der Waals surface area contributed by atoms with Crippen LogP contribution in [0.4, 0.5) is 0 Å². The van der Waals surface area contributed by atoms with Gasteiger partial charge in [0.25, 0.3) is 5.91 Å². The summed E-state index contributed by atoms with van der Waals surface area (Å²) in [5.41, 5.74) is 5.76. The lowest BCUT2D eigenvalue weighted by Crippen LogP contribution is -2.32. The molecule has 6 nitrogen and oxygen atoms in total. The normalized spacial score (nSPS) is 24.5. The summed E-state index contributed by atoms with van der Waals surface area (Å²) in [5, 5.41) is 4.27. The van der Waals surface area contributed by atoms with Crippen molar-refractivity contribution < 1.29 is 4.79 Å². The van der Waals surface area contributed by atoms with Gasteiger partial charge in [0.1, 0.15) is 0 Å². The number of nitrogens with zero attached hydrogens (tertiary/aromatic N) is 4. The smallest absolute Gasteiger partial charge is 0.251 e. The number of amides is 1. The van der Waals surface area contributed by atoms with E-state index >= 15 is 0 Å². The predicted molar refractivity (Wildman–Crippen MR) is 76.5 cm³/mol. The van der Waals surface area contributed by atoms with E-state index in [1.807, 2.05) is 4.68 Å². The Hall–Kier alpha value is -1.40. The van der Waals surface area contributed by atoms with Gasteiger partial charge in [0.15, 0.2) is 0 Å². The predicted octanol–water partition coefficient (Wildman–Crippen LogP) is 0.325. The first-order valence-corrected chi connectivity index (χ1v) is 7.51. The summed E-state index contributed by atoms with van der Waals surface area (Å²) in [6, 6.07) is 0.377. The molecule has 0 bridgehead atoms. The molecule has 6 heteroatoms. The first-order valence-electron chi connectivity index (χ1n) is 7.51. The standard InChI is InChI=1S/C14H23N5O/c15-14(20)12-9-16-19(10-12)13-3-6-18(11-13)8-7-17-4-1-2-5-17/h9-10,13H,1-8,11H2,(H2,15,20). The molecule has 0 saturated carbocycles. The van der Waals surface area contributed by atoms with Gasteiger partial charge in [0, 0.05) is 32.4 Å². The molecule has 0 radical (unpaired) electrons. The topological polar surface area (TPSA) is 67.4 Å². The third-order valence-corrected chi connectivity index (χ3v) is 4.44. The summed E-state index contributed by atoms with van der Waals surface area (Å²) in [6.07, 6.45) is 7.14. The molecule has 0 aliphatic carbocycles. The number of aromatic nitrogens is 2. The summed E-state index contributed by atoms with van der Waals surface area (Å²) < 4.78 is 1.90. The monoisotopic (exact) mass is 277 g/mol. The lowest BCUT2D eigenvalue weighted by Gasteiger charge is -2.20. The molecular formula is C14H23N5O. The Morgan fingerprint density at radius 3 is 2.70 bits per heavy atom. The van der Waals surface area contributed by atoms with Gasteiger partial charge in [-0.25, -0.2) is 0 Å². The number of likely N-dealkylation sites (tertiary alicyclic amines) is 2. The van der Waals surface area contributed by atoms with Crippen LogP contribution in [0, 0.1) is 0 Å². The van der Waals surface area contributed by atoms with Gasteiger partial charge in [-0.05, 0) is 32.4 Å². The number of carbonyl (C=O) groups excluding carboxylic acids is 1. The fraction of sp³-hybridized carbons (Fsp3) is 0.714. The molecule has 2 N–H and O–H groups in total. The number of rotatable bonds is 5. The third-order valence-electron chi connectivity index (χ3n) is 4.44. The lowest BCUT2D eigenvalue weighted by molar-refractivity contribution is 0.1000. The summed E-state index contributed by atoms with van der Waals surface area (Å²) in [5.74, 6) is -0.403. The average molecular weight is 277 g/mol. The van der Waals surface area contributed by atoms with E-state index < -0.39 is 5.91 Å². The Morgan fingerprint density at radius 2 is 2.00 bits per heavy atom. The SMILES string of the molecule is NC(=O)c1cnn(C2CCN(CCN3CCCC3)C2)c1. The van der Waals surface area contributed by atoms with Gasteiger partial charge in [-0.3, -0.25) is 14.4 Å². The highest BCUT2D eigenvalue weighted by Crippen LogP contribution is 2.21. The van der Waals surface area contributed by atoms with Crippen LogP contribution >= 0.6 is 0 Å². The van der Waals surface area contributed by atoms with Crippen molar-refractivity contribution in [2.75, 3.05) is 39.3 Å². The molecule has 2 aliphatic rings. The van der Waals surface area contributed by atoms with Crippen LogP contribution in [0.1, 0.15) is 35.7 Å². The Balaban J connectivity index is 1.49.